The van der Waals surface area contributed by atoms with E-state index in [9.17, 15) is 9.59 Å². The van der Waals surface area contributed by atoms with E-state index in [-0.39, 0.29) is 23.7 Å². The predicted molar refractivity (Wildman–Crippen MR) is 73.4 cm³/mol. The number of rotatable bonds is 5. The van der Waals surface area contributed by atoms with Crippen molar-refractivity contribution in [2.45, 2.75) is 38.8 Å². The molecule has 1 aromatic rings. The number of aromatic carboxylic acids is 1. The highest BCUT2D eigenvalue weighted by molar-refractivity contribution is 5.87. The molecule has 20 heavy (non-hydrogen) atoms. The fourth-order valence-corrected chi connectivity index (χ4v) is 2.12. The number of nitrogens with zero attached hydrogens (tertiary/aromatic N) is 1. The summed E-state index contributed by atoms with van der Waals surface area (Å²) in [5.41, 5.74) is 0.472. The van der Waals surface area contributed by atoms with E-state index in [1.54, 1.807) is 0 Å². The first-order valence-corrected chi connectivity index (χ1v) is 6.63. The van der Waals surface area contributed by atoms with Crippen LogP contribution in [-0.4, -0.2) is 27.6 Å². The minimum absolute atomic E-state index is 0.163. The number of carbonyl (C=O) groups is 2. The summed E-state index contributed by atoms with van der Waals surface area (Å²) in [4.78, 5) is 26.7. The van der Waals surface area contributed by atoms with E-state index in [1.165, 1.54) is 18.3 Å². The summed E-state index contributed by atoms with van der Waals surface area (Å²) in [5.74, 6) is -0.463. The fraction of sp³-hybridized carbons (Fsp3) is 0.500. The highest BCUT2D eigenvalue weighted by atomic mass is 16.4. The molecule has 0 saturated heterocycles. The number of hydrogen-bond acceptors (Lipinski definition) is 3. The van der Waals surface area contributed by atoms with Crippen LogP contribution >= 0.6 is 0 Å². The second-order valence-electron chi connectivity index (χ2n) is 5.64. The van der Waals surface area contributed by atoms with Gasteiger partial charge in [0.05, 0.1) is 17.8 Å². The summed E-state index contributed by atoms with van der Waals surface area (Å²) in [6.45, 7) is 4.22. The van der Waals surface area contributed by atoms with Crippen LogP contribution in [0.25, 0.3) is 0 Å². The molecule has 0 atom stereocenters. The molecule has 108 valence electrons. The Balaban J connectivity index is 1.87. The molecule has 6 heteroatoms. The van der Waals surface area contributed by atoms with Crippen molar-refractivity contribution in [1.82, 2.24) is 15.6 Å². The zero-order valence-corrected chi connectivity index (χ0v) is 11.6. The maximum Gasteiger partial charge on any atom is 0.335 e. The van der Waals surface area contributed by atoms with Gasteiger partial charge in [-0.15, -0.1) is 0 Å². The van der Waals surface area contributed by atoms with Gasteiger partial charge < -0.3 is 15.7 Å². The van der Waals surface area contributed by atoms with Gasteiger partial charge in [0.15, 0.2) is 0 Å². The lowest BCUT2D eigenvalue weighted by Crippen LogP contribution is -2.49. The van der Waals surface area contributed by atoms with Crippen LogP contribution in [0.1, 0.15) is 42.7 Å². The van der Waals surface area contributed by atoms with Crippen molar-refractivity contribution in [1.29, 1.82) is 0 Å². The van der Waals surface area contributed by atoms with E-state index in [4.69, 9.17) is 5.11 Å². The zero-order chi connectivity index (χ0) is 14.8. The van der Waals surface area contributed by atoms with Crippen LogP contribution in [-0.2, 0) is 6.54 Å². The second-order valence-corrected chi connectivity index (χ2v) is 5.64. The third-order valence-electron chi connectivity index (χ3n) is 3.53. The van der Waals surface area contributed by atoms with E-state index in [1.807, 2.05) is 13.8 Å². The van der Waals surface area contributed by atoms with Gasteiger partial charge in [0.1, 0.15) is 0 Å². The van der Waals surface area contributed by atoms with Gasteiger partial charge in [0.25, 0.3) is 0 Å². The Morgan fingerprint density at radius 2 is 2.15 bits per heavy atom. The Morgan fingerprint density at radius 3 is 2.75 bits per heavy atom. The van der Waals surface area contributed by atoms with Gasteiger partial charge in [-0.3, -0.25) is 4.98 Å². The van der Waals surface area contributed by atoms with E-state index >= 15 is 0 Å². The van der Waals surface area contributed by atoms with Gasteiger partial charge in [-0.25, -0.2) is 9.59 Å². The molecule has 1 aromatic heterocycles. The largest absolute Gasteiger partial charge is 0.478 e. The monoisotopic (exact) mass is 277 g/mol. The molecule has 1 saturated carbocycles. The summed E-state index contributed by atoms with van der Waals surface area (Å²) in [6.07, 6.45) is 3.72. The number of carbonyl (C=O) groups excluding carboxylic acids is 1. The standard InChI is InChI=1S/C14H19N3O3/c1-14(2,10-3-4-10)17-13(20)16-8-11-7-9(12(18)19)5-6-15-11/h5-7,10H,3-4,8H2,1-2H3,(H,18,19)(H2,16,17,20). The van der Waals surface area contributed by atoms with Crippen LogP contribution in [0.5, 0.6) is 0 Å². The molecule has 1 aliphatic carbocycles. The van der Waals surface area contributed by atoms with Crippen molar-refractivity contribution in [2.75, 3.05) is 0 Å². The molecule has 2 amide bonds. The third-order valence-corrected chi connectivity index (χ3v) is 3.53. The van der Waals surface area contributed by atoms with Gasteiger partial charge in [0, 0.05) is 11.7 Å². The molecule has 0 bridgehead atoms. The van der Waals surface area contributed by atoms with E-state index in [0.717, 1.165) is 12.8 Å². The van der Waals surface area contributed by atoms with Crippen LogP contribution in [0, 0.1) is 5.92 Å². The van der Waals surface area contributed by atoms with Gasteiger partial charge in [-0.05, 0) is 44.7 Å². The van der Waals surface area contributed by atoms with Gasteiger partial charge in [-0.2, -0.15) is 0 Å². The Labute approximate surface area is 117 Å². The van der Waals surface area contributed by atoms with E-state index in [0.29, 0.717) is 11.6 Å². The number of amides is 2. The summed E-state index contributed by atoms with van der Waals surface area (Å²) in [7, 11) is 0. The van der Waals surface area contributed by atoms with Crippen molar-refractivity contribution in [3.05, 3.63) is 29.6 Å². The molecule has 1 heterocycles. The smallest absolute Gasteiger partial charge is 0.335 e. The molecule has 0 aromatic carbocycles. The number of pyridine rings is 1. The maximum absolute atomic E-state index is 11.8. The molecule has 1 fully saturated rings. The zero-order valence-electron chi connectivity index (χ0n) is 11.6. The molecule has 2 rings (SSSR count). The van der Waals surface area contributed by atoms with Crippen molar-refractivity contribution in [2.24, 2.45) is 5.92 Å². The number of carboxylic acid groups (broad SMARTS) is 1. The summed E-state index contributed by atoms with van der Waals surface area (Å²) in [6, 6.07) is 2.61. The first-order valence-electron chi connectivity index (χ1n) is 6.63. The Morgan fingerprint density at radius 1 is 1.45 bits per heavy atom. The van der Waals surface area contributed by atoms with E-state index in [2.05, 4.69) is 15.6 Å². The minimum atomic E-state index is -1.01. The highest BCUT2D eigenvalue weighted by Gasteiger charge is 2.38. The average molecular weight is 277 g/mol. The number of carboxylic acids is 1. The van der Waals surface area contributed by atoms with Gasteiger partial charge >= 0.3 is 12.0 Å². The SMILES string of the molecule is CC(C)(NC(=O)NCc1cc(C(=O)O)ccn1)C1CC1. The van der Waals surface area contributed by atoms with Crippen molar-refractivity contribution in [3.8, 4) is 0 Å². The second kappa shape index (κ2) is 5.48. The topological polar surface area (TPSA) is 91.3 Å². The molecule has 0 radical (unpaired) electrons. The third kappa shape index (κ3) is 3.69. The molecule has 0 unspecified atom stereocenters. The van der Waals surface area contributed by atoms with E-state index < -0.39 is 5.97 Å². The fourth-order valence-electron chi connectivity index (χ4n) is 2.12. The van der Waals surface area contributed by atoms with Crippen molar-refractivity contribution >= 4 is 12.0 Å². The van der Waals surface area contributed by atoms with Crippen LogP contribution in [0.2, 0.25) is 0 Å². The Kier molecular flexibility index (Phi) is 3.92. The van der Waals surface area contributed by atoms with Crippen LogP contribution in [0.15, 0.2) is 18.3 Å². The number of urea groups is 1. The normalized spacial score (nSPS) is 14.7. The molecular formula is C14H19N3O3. The van der Waals surface area contributed by atoms with Crippen molar-refractivity contribution in [3.63, 3.8) is 0 Å². The molecule has 0 aliphatic heterocycles. The lowest BCUT2D eigenvalue weighted by Gasteiger charge is -2.26. The van der Waals surface area contributed by atoms with Gasteiger partial charge in [0.2, 0.25) is 0 Å². The van der Waals surface area contributed by atoms with Crippen LogP contribution in [0.4, 0.5) is 4.79 Å². The van der Waals surface area contributed by atoms with Crippen LogP contribution < -0.4 is 10.6 Å². The maximum atomic E-state index is 11.8. The summed E-state index contributed by atoms with van der Waals surface area (Å²) >= 11 is 0. The summed E-state index contributed by atoms with van der Waals surface area (Å²) in [5, 5.41) is 14.5. The number of hydrogen-bond donors (Lipinski definition) is 3. The first-order chi connectivity index (χ1) is 9.38. The molecule has 3 N–H and O–H groups in total. The van der Waals surface area contributed by atoms with Gasteiger partial charge in [-0.1, -0.05) is 0 Å². The number of nitrogens with one attached hydrogen (secondary N) is 2. The molecular weight excluding hydrogens is 258 g/mol. The number of aromatic nitrogens is 1. The van der Waals surface area contributed by atoms with Crippen LogP contribution in [0.3, 0.4) is 0 Å². The Hall–Kier alpha value is -2.11. The quantitative estimate of drug-likeness (QED) is 0.765. The average Bonchev–Trinajstić information content (AvgIpc) is 3.21. The Bertz CT molecular complexity index is 524. The molecule has 0 spiro atoms. The molecule has 1 aliphatic rings. The summed E-state index contributed by atoms with van der Waals surface area (Å²) < 4.78 is 0. The van der Waals surface area contributed by atoms with Crippen molar-refractivity contribution < 1.29 is 14.7 Å². The highest BCUT2D eigenvalue weighted by Crippen LogP contribution is 2.39. The molecule has 6 nitrogen and oxygen atoms in total. The minimum Gasteiger partial charge on any atom is -0.478 e. The lowest BCUT2D eigenvalue weighted by molar-refractivity contribution is 0.0696. The lowest BCUT2D eigenvalue weighted by atomic mass is 9.99. The first kappa shape index (κ1) is 14.3. The predicted octanol–water partition coefficient (Wildman–Crippen LogP) is 1.77.